The first-order chi connectivity index (χ1) is 65.6. The van der Waals surface area contributed by atoms with E-state index in [1.165, 1.54) is 46.0 Å². The first-order valence-electron chi connectivity index (χ1n) is 44.2. The molecule has 690 valence electrons. The number of hydrogen-bond donors (Lipinski definition) is 2. The largest absolute Gasteiger partial charge is 0.0622 e. The maximum absolute atomic E-state index is 14.0. The van der Waals surface area contributed by atoms with Gasteiger partial charge < -0.3 is 39.4 Å². The molecule has 0 saturated heterocycles. The molecule has 0 fully saturated rings. The van der Waals surface area contributed by atoms with Gasteiger partial charge in [-0.3, -0.25) is 33.8 Å². The van der Waals surface area contributed by atoms with Gasteiger partial charge in [-0.1, -0.05) is 333 Å². The normalized spacial score (nSPS) is 16.2. The number of Topliss-reactive ketones (excluding diaryl/α,β-unsaturated/α-hetero) is 2. The summed E-state index contributed by atoms with van der Waals surface area (Å²) in [4.78, 5) is 115. The van der Waals surface area contributed by atoms with E-state index in [1.54, 1.807) is 52.5 Å². The molecule has 15 rings (SSSR count). The van der Waals surface area contributed by atoms with Crippen molar-refractivity contribution < 1.29 is 73.2 Å². The minimum absolute atomic E-state index is 0.0185. The van der Waals surface area contributed by atoms with Gasteiger partial charge in [0.2, 0.25) is 23.6 Å². The minimum Gasteiger partial charge on any atom is -0.0622 e. The van der Waals surface area contributed by atoms with Crippen molar-refractivity contribution in [1.29, 1.82) is 0 Å². The van der Waals surface area contributed by atoms with Crippen LogP contribution in [0.15, 0.2) is 389 Å². The van der Waals surface area contributed by atoms with Gasteiger partial charge in [0, 0.05) is 81.1 Å². The summed E-state index contributed by atoms with van der Waals surface area (Å²) < 4.78 is 22.1. The number of nitrogens with zero attached hydrogens (tertiary/aromatic N) is 3. The number of ketones is 2. The van der Waals surface area contributed by atoms with Gasteiger partial charge in [-0.05, 0) is 174 Å². The molecule has 23 heteroatoms. The molecule has 3 heterocycles. The molecule has 2 N–H and O–H groups in total. The Balaban J connectivity index is 0.000000183. The SMILES string of the molecule is COC(=O)[C@@H]1CCC(=O)N(CCc2ccccc2)C/C=C/COc2cc(-c3ccncc3)ccc2C(=O)C[C@H](Cc2ccccc2)C(=O)N1.COC(=O)[C@@H]1CCC(=O)N(CCc2ccccc2)C/C=C/COc2cc(Cl)ccc2C(=O)C[C@H](Cc2ccccc2)C(=O)N1.[Cl][Pd][Cl].c1ccc(P(c2ccccc2)c2ccccc2)cc1.c1ccc(P(c2ccccc2)c2ccccc2)cc1. The molecule has 4 atom stereocenters. The van der Waals surface area contributed by atoms with Gasteiger partial charge in [-0.2, -0.15) is 0 Å². The van der Waals surface area contributed by atoms with Crippen molar-refractivity contribution in [2.24, 2.45) is 11.8 Å². The summed E-state index contributed by atoms with van der Waals surface area (Å²) in [6, 6.07) is 115. The second-order valence-corrected chi connectivity index (χ2v) is 38.5. The van der Waals surface area contributed by atoms with Gasteiger partial charge in [-0.15, -0.1) is 0 Å². The Labute approximate surface area is 809 Å². The summed E-state index contributed by atoms with van der Waals surface area (Å²) >= 11 is 6.13. The topological polar surface area (TPSA) is 217 Å². The zero-order valence-corrected chi connectivity index (χ0v) is 80.3. The van der Waals surface area contributed by atoms with E-state index in [9.17, 15) is 38.4 Å². The zero-order chi connectivity index (χ0) is 94.3. The molecule has 134 heavy (non-hydrogen) atoms. The van der Waals surface area contributed by atoms with E-state index in [1.807, 2.05) is 164 Å². The number of carbonyl (C=O) groups is 8. The van der Waals surface area contributed by atoms with E-state index in [0.717, 1.165) is 33.4 Å². The third-order valence-electron chi connectivity index (χ3n) is 22.2. The predicted molar refractivity (Wildman–Crippen MR) is 537 cm³/mol. The fourth-order valence-electron chi connectivity index (χ4n) is 15.3. The predicted octanol–water partition coefficient (Wildman–Crippen LogP) is 19.1. The molecule has 1 aromatic heterocycles. The molecule has 4 amide bonds. The van der Waals surface area contributed by atoms with Crippen molar-refractivity contribution in [2.75, 3.05) is 53.6 Å². The van der Waals surface area contributed by atoms with Crippen molar-refractivity contribution in [2.45, 2.75) is 76.3 Å². The van der Waals surface area contributed by atoms with Crippen LogP contribution in [-0.4, -0.2) is 128 Å². The number of halogens is 3. The molecule has 2 aliphatic heterocycles. The Morgan fingerprint density at radius 3 is 1.03 bits per heavy atom. The van der Waals surface area contributed by atoms with E-state index < -0.39 is 63.5 Å². The van der Waals surface area contributed by atoms with Crippen molar-refractivity contribution in [3.05, 3.63) is 427 Å². The van der Waals surface area contributed by atoms with Crippen molar-refractivity contribution in [3.8, 4) is 22.6 Å². The number of amides is 4. The molecule has 0 radical (unpaired) electrons. The maximum Gasteiger partial charge on any atom is -0.0134 e. The van der Waals surface area contributed by atoms with Crippen LogP contribution in [0.5, 0.6) is 11.5 Å². The molecule has 0 spiro atoms. The summed E-state index contributed by atoms with van der Waals surface area (Å²) in [7, 11) is 11.2. The fraction of sp³-hybridized carbons (Fsp3) is 0.198. The molecule has 17 nitrogen and oxygen atoms in total. The second-order valence-electron chi connectivity index (χ2n) is 31.3. The average molecular weight is 1980 g/mol. The van der Waals surface area contributed by atoms with Crippen LogP contribution in [0.4, 0.5) is 0 Å². The van der Waals surface area contributed by atoms with Crippen LogP contribution in [-0.2, 0) is 79.9 Å². The Hall–Kier alpha value is -12.6. The number of carbonyl (C=O) groups excluding carboxylic acids is 8. The van der Waals surface area contributed by atoms with Gasteiger partial charge in [0.25, 0.3) is 0 Å². The Kier molecular flexibility index (Phi) is 42.9. The summed E-state index contributed by atoms with van der Waals surface area (Å²) in [5, 5.41) is 14.4. The number of methoxy groups -OCH3 is 2. The van der Waals surface area contributed by atoms with Crippen LogP contribution >= 0.6 is 46.5 Å². The van der Waals surface area contributed by atoms with Crippen LogP contribution in [0.1, 0.15) is 81.5 Å². The van der Waals surface area contributed by atoms with Gasteiger partial charge >= 0.3 is 46.9 Å². The van der Waals surface area contributed by atoms with E-state index in [-0.39, 0.29) is 104 Å². The number of hydrogen-bond acceptors (Lipinski definition) is 13. The van der Waals surface area contributed by atoms with Crippen molar-refractivity contribution in [1.82, 2.24) is 25.4 Å². The Morgan fingerprint density at radius 1 is 0.396 bits per heavy atom. The number of rotatable bonds is 19. The molecule has 13 aromatic rings. The van der Waals surface area contributed by atoms with Gasteiger partial charge in [0.1, 0.15) is 36.8 Å². The standard InChI is InChI=1S/C40H41N3O6.C35H37ClN2O6.2C18H15P.2ClH.Pd/c1-48-40(47)35-16-17-38(45)43(24-20-29-10-4-2-5-11-29)23-8-9-25-49-37-28-32(31-18-21-41-22-19-31)14-15-34(37)36(44)27-33(39(46)42-35)26-30-12-6-3-7-13-30;1-43-35(42)30-16-17-33(40)38(20-18-25-10-4-2-5-11-25)19-8-9-21-44-32-24-28(36)14-15-29(32)31(39)23-27(34(41)37-30)22-26-12-6-3-7-13-26;2*1-4-10-16(11-5-1)19(17-12-6-2-7-13-17)18-14-8-3-9-15-18;;;/h2-15,18-19,21-22,28,33,35H,16-17,20,23-27H2,1H3,(H,42,46);2-15,24,27,30H,16-23H2,1H3,(H,37,41);2*1-15H;2*1H;/q;;;;;;+2/p-2/b2*9-8+;;;;;/t33-,35-;27-,30-;;;;;/m00...../s1. The number of benzene rings is 12. The summed E-state index contributed by atoms with van der Waals surface area (Å²) in [6.45, 7) is 1.90. The van der Waals surface area contributed by atoms with Crippen LogP contribution in [0, 0.1) is 11.8 Å². The van der Waals surface area contributed by atoms with Crippen molar-refractivity contribution in [3.63, 3.8) is 0 Å². The number of esters is 2. The molecule has 0 unspecified atom stereocenters. The Morgan fingerprint density at radius 2 is 0.701 bits per heavy atom. The minimum atomic E-state index is -1.06. The number of aromatic nitrogens is 1. The molecular weight excluding hydrogens is 1870 g/mol. The monoisotopic (exact) mass is 1980 g/mol. The quantitative estimate of drug-likeness (QED) is 0.0334. The Bertz CT molecular complexity index is 5560. The van der Waals surface area contributed by atoms with E-state index >= 15 is 0 Å². The van der Waals surface area contributed by atoms with E-state index in [0.29, 0.717) is 66.7 Å². The summed E-state index contributed by atoms with van der Waals surface area (Å²) in [6.07, 6.45) is 12.5. The molecular formula is C111H108Cl3N5O12P2Pd. The second kappa shape index (κ2) is 56.5. The molecule has 0 bridgehead atoms. The van der Waals surface area contributed by atoms with Crippen LogP contribution in [0.2, 0.25) is 5.02 Å². The molecule has 2 aliphatic rings. The van der Waals surface area contributed by atoms with Crippen molar-refractivity contribution >= 4 is 125 Å². The van der Waals surface area contributed by atoms with Crippen LogP contribution in [0.3, 0.4) is 0 Å². The van der Waals surface area contributed by atoms with Gasteiger partial charge in [0.15, 0.2) is 11.6 Å². The van der Waals surface area contributed by atoms with E-state index in [2.05, 4.69) is 198 Å². The smallest absolute Gasteiger partial charge is 0.0134 e. The van der Waals surface area contributed by atoms with Crippen LogP contribution in [0.25, 0.3) is 11.1 Å². The molecule has 0 saturated carbocycles. The first kappa shape index (κ1) is 102. The zero-order valence-electron chi connectivity index (χ0n) is 74.7. The van der Waals surface area contributed by atoms with E-state index in [4.69, 9.17) is 49.6 Å². The number of nitrogens with one attached hydrogen (secondary N) is 2. The van der Waals surface area contributed by atoms with Gasteiger partial charge in [-0.25, -0.2) is 9.59 Å². The van der Waals surface area contributed by atoms with Crippen LogP contribution < -0.4 is 51.9 Å². The summed E-state index contributed by atoms with van der Waals surface area (Å²) in [5.41, 5.74) is 6.35. The maximum atomic E-state index is 14.0. The first-order valence-corrected chi connectivity index (χ1v) is 51.3. The average Bonchev–Trinajstić information content (AvgIpc) is 0.987. The summed E-state index contributed by atoms with van der Waals surface area (Å²) in [5.74, 6) is -4.04. The third-order valence-corrected chi connectivity index (χ3v) is 27.3. The number of fused-ring (bicyclic) bond motifs is 2. The molecule has 0 aliphatic carbocycles. The number of ether oxygens (including phenoxy) is 4. The fourth-order valence-corrected chi connectivity index (χ4v) is 20.0. The van der Waals surface area contributed by atoms with Gasteiger partial charge in [0.05, 0.1) is 25.3 Å². The third kappa shape index (κ3) is 33.0. The molecule has 12 aromatic carbocycles. The number of pyridine rings is 1.